The summed E-state index contributed by atoms with van der Waals surface area (Å²) in [5, 5.41) is 7.20. The van der Waals surface area contributed by atoms with Crippen LogP contribution >= 0.6 is 23.2 Å². The number of Topliss-reactive ketones (excluding diaryl/α,β-unsaturated/α-hetero) is 1. The summed E-state index contributed by atoms with van der Waals surface area (Å²) in [6.45, 7) is 2.50. The van der Waals surface area contributed by atoms with Gasteiger partial charge in [0.05, 0.1) is 17.1 Å². The highest BCUT2D eigenvalue weighted by Crippen LogP contribution is 2.33. The normalized spacial score (nSPS) is 14.4. The molecular formula is C27H21Cl2N3O2. The number of hydrogen-bond donors (Lipinski definition) is 2. The van der Waals surface area contributed by atoms with Crippen LogP contribution in [0.15, 0.2) is 78.9 Å². The fourth-order valence-electron chi connectivity index (χ4n) is 4.16. The predicted octanol–water partition coefficient (Wildman–Crippen LogP) is 6.75. The van der Waals surface area contributed by atoms with E-state index < -0.39 is 6.04 Å². The maximum absolute atomic E-state index is 13.5. The molecule has 0 spiro atoms. The van der Waals surface area contributed by atoms with Crippen molar-refractivity contribution in [2.45, 2.75) is 19.5 Å². The summed E-state index contributed by atoms with van der Waals surface area (Å²) >= 11 is 12.6. The van der Waals surface area contributed by atoms with Crippen molar-refractivity contribution in [3.05, 3.63) is 117 Å². The second-order valence-electron chi connectivity index (χ2n) is 8.28. The highest BCUT2D eigenvalue weighted by Gasteiger charge is 2.29. The number of rotatable bonds is 4. The minimum atomic E-state index is -0.594. The molecule has 34 heavy (non-hydrogen) atoms. The number of aromatic nitrogens is 1. The Morgan fingerprint density at radius 3 is 2.50 bits per heavy atom. The molecule has 5 rings (SSSR count). The number of ketones is 1. The van der Waals surface area contributed by atoms with Crippen molar-refractivity contribution < 1.29 is 9.59 Å². The van der Waals surface area contributed by atoms with Gasteiger partial charge in [-0.1, -0.05) is 47.5 Å². The lowest BCUT2D eigenvalue weighted by Gasteiger charge is -2.18. The minimum Gasteiger partial charge on any atom is -0.370 e. The summed E-state index contributed by atoms with van der Waals surface area (Å²) in [6.07, 6.45) is 0. The third kappa shape index (κ3) is 4.20. The summed E-state index contributed by atoms with van der Waals surface area (Å²) in [4.78, 5) is 26.2. The van der Waals surface area contributed by atoms with Crippen LogP contribution in [0.3, 0.4) is 0 Å². The Morgan fingerprint density at radius 1 is 0.971 bits per heavy atom. The summed E-state index contributed by atoms with van der Waals surface area (Å²) in [7, 11) is 0. The Kier molecular flexibility index (Phi) is 5.90. The fourth-order valence-corrected chi connectivity index (χ4v) is 4.70. The van der Waals surface area contributed by atoms with E-state index in [0.717, 1.165) is 22.5 Å². The molecule has 0 bridgehead atoms. The maximum atomic E-state index is 13.5. The molecule has 0 saturated carbocycles. The summed E-state index contributed by atoms with van der Waals surface area (Å²) in [5.41, 5.74) is 5.23. The monoisotopic (exact) mass is 489 g/mol. The molecule has 7 heteroatoms. The predicted molar refractivity (Wildman–Crippen MR) is 136 cm³/mol. The van der Waals surface area contributed by atoms with Gasteiger partial charge in [0.2, 0.25) is 0 Å². The second kappa shape index (κ2) is 9.01. The van der Waals surface area contributed by atoms with Gasteiger partial charge in [-0.05, 0) is 72.6 Å². The van der Waals surface area contributed by atoms with Gasteiger partial charge in [-0.15, -0.1) is 0 Å². The Labute approximate surface area is 207 Å². The van der Waals surface area contributed by atoms with E-state index in [9.17, 15) is 9.59 Å². The van der Waals surface area contributed by atoms with E-state index in [1.54, 1.807) is 36.4 Å². The summed E-state index contributed by atoms with van der Waals surface area (Å²) < 4.78 is 1.95. The van der Waals surface area contributed by atoms with Crippen molar-refractivity contribution in [3.63, 3.8) is 0 Å². The number of carbonyl (C=O) groups is 2. The standard InChI is InChI=1S/C27H21Cl2N3O2/c1-16-6-11-20(21(28)14-16)27(34)30-19-9-7-17(8-10-19)26(33)25-23-12-13-24(29)32(23)15-18-4-2-3-5-22(18)31-25/h2-14,25,31H,15H2,1H3,(H,30,34). The molecule has 1 amide bonds. The molecule has 1 aliphatic heterocycles. The molecule has 4 aromatic rings. The lowest BCUT2D eigenvalue weighted by atomic mass is 10.0. The van der Waals surface area contributed by atoms with Crippen LogP contribution in [0.25, 0.3) is 0 Å². The number of aryl methyl sites for hydroxylation is 1. The zero-order valence-corrected chi connectivity index (χ0v) is 19.8. The number of carbonyl (C=O) groups excluding carboxylic acids is 2. The first-order chi connectivity index (χ1) is 16.4. The molecule has 1 unspecified atom stereocenters. The average Bonchev–Trinajstić information content (AvgIpc) is 3.08. The highest BCUT2D eigenvalue weighted by atomic mass is 35.5. The molecule has 5 nitrogen and oxygen atoms in total. The van der Waals surface area contributed by atoms with Crippen molar-refractivity contribution in [2.75, 3.05) is 10.6 Å². The third-order valence-corrected chi connectivity index (χ3v) is 6.60. The number of nitrogens with zero attached hydrogens (tertiary/aromatic N) is 1. The van der Waals surface area contributed by atoms with Crippen LogP contribution in [0.1, 0.15) is 43.6 Å². The number of fused-ring (bicyclic) bond motifs is 2. The fraction of sp³-hybridized carbons (Fsp3) is 0.111. The van der Waals surface area contributed by atoms with Gasteiger partial charge in [-0.25, -0.2) is 0 Å². The van der Waals surface area contributed by atoms with Crippen molar-refractivity contribution in [2.24, 2.45) is 0 Å². The lowest BCUT2D eigenvalue weighted by molar-refractivity contribution is 0.0966. The Morgan fingerprint density at radius 2 is 1.74 bits per heavy atom. The van der Waals surface area contributed by atoms with Crippen LogP contribution in [-0.4, -0.2) is 16.3 Å². The minimum absolute atomic E-state index is 0.0906. The number of halogens is 2. The first kappa shape index (κ1) is 22.3. The van der Waals surface area contributed by atoms with E-state index in [0.29, 0.717) is 33.5 Å². The van der Waals surface area contributed by atoms with E-state index in [4.69, 9.17) is 23.2 Å². The molecule has 0 radical (unpaired) electrons. The molecule has 0 aliphatic carbocycles. The van der Waals surface area contributed by atoms with Crippen LogP contribution in [-0.2, 0) is 6.54 Å². The SMILES string of the molecule is Cc1ccc(C(=O)Nc2ccc(C(=O)C3Nc4ccccc4Cn4c(Cl)ccc43)cc2)c(Cl)c1. The molecule has 1 atom stereocenters. The van der Waals surface area contributed by atoms with Gasteiger partial charge in [-0.3, -0.25) is 9.59 Å². The zero-order valence-electron chi connectivity index (χ0n) is 18.3. The van der Waals surface area contributed by atoms with Crippen molar-refractivity contribution in [3.8, 4) is 0 Å². The van der Waals surface area contributed by atoms with Crippen LogP contribution in [0.4, 0.5) is 11.4 Å². The summed E-state index contributed by atoms with van der Waals surface area (Å²) in [6, 6.07) is 23.1. The molecule has 1 aromatic heterocycles. The van der Waals surface area contributed by atoms with E-state index in [-0.39, 0.29) is 11.7 Å². The van der Waals surface area contributed by atoms with Gasteiger partial charge in [-0.2, -0.15) is 0 Å². The average molecular weight is 490 g/mol. The molecule has 0 saturated heterocycles. The Hall–Kier alpha value is -3.54. The van der Waals surface area contributed by atoms with Crippen molar-refractivity contribution >= 4 is 46.3 Å². The van der Waals surface area contributed by atoms with E-state index in [1.807, 2.05) is 54.0 Å². The Balaban J connectivity index is 1.39. The maximum Gasteiger partial charge on any atom is 0.257 e. The van der Waals surface area contributed by atoms with Crippen LogP contribution in [0.2, 0.25) is 10.2 Å². The van der Waals surface area contributed by atoms with Gasteiger partial charge in [0.1, 0.15) is 11.2 Å². The Bertz CT molecular complexity index is 1410. The van der Waals surface area contributed by atoms with Crippen LogP contribution in [0, 0.1) is 6.92 Å². The van der Waals surface area contributed by atoms with Gasteiger partial charge in [0.15, 0.2) is 5.78 Å². The largest absolute Gasteiger partial charge is 0.370 e. The van der Waals surface area contributed by atoms with Crippen LogP contribution in [0.5, 0.6) is 0 Å². The van der Waals surface area contributed by atoms with Crippen LogP contribution < -0.4 is 10.6 Å². The number of amides is 1. The van der Waals surface area contributed by atoms with Crippen molar-refractivity contribution in [1.29, 1.82) is 0 Å². The smallest absolute Gasteiger partial charge is 0.257 e. The molecule has 2 N–H and O–H groups in total. The van der Waals surface area contributed by atoms with Gasteiger partial charge in [0, 0.05) is 22.6 Å². The number of nitrogens with one attached hydrogen (secondary N) is 2. The van der Waals surface area contributed by atoms with E-state index >= 15 is 0 Å². The third-order valence-electron chi connectivity index (χ3n) is 5.96. The number of benzene rings is 3. The first-order valence-corrected chi connectivity index (χ1v) is 11.6. The zero-order chi connectivity index (χ0) is 23.8. The number of anilines is 2. The van der Waals surface area contributed by atoms with Crippen molar-refractivity contribution in [1.82, 2.24) is 4.57 Å². The molecule has 3 aromatic carbocycles. The molecule has 2 heterocycles. The van der Waals surface area contributed by atoms with E-state index in [1.165, 1.54) is 0 Å². The molecule has 1 aliphatic rings. The number of hydrogen-bond acceptors (Lipinski definition) is 3. The van der Waals surface area contributed by atoms with E-state index in [2.05, 4.69) is 10.6 Å². The van der Waals surface area contributed by atoms with Gasteiger partial charge >= 0.3 is 0 Å². The lowest BCUT2D eigenvalue weighted by Crippen LogP contribution is -2.22. The van der Waals surface area contributed by atoms with Gasteiger partial charge < -0.3 is 15.2 Å². The molecular weight excluding hydrogens is 469 g/mol. The molecule has 170 valence electrons. The molecule has 0 fully saturated rings. The quantitative estimate of drug-likeness (QED) is 0.311. The van der Waals surface area contributed by atoms with Gasteiger partial charge in [0.25, 0.3) is 5.91 Å². The highest BCUT2D eigenvalue weighted by molar-refractivity contribution is 6.34. The number of para-hydroxylation sites is 1. The first-order valence-electron chi connectivity index (χ1n) is 10.8. The second-order valence-corrected chi connectivity index (χ2v) is 9.08. The summed E-state index contributed by atoms with van der Waals surface area (Å²) in [5.74, 6) is -0.397. The topological polar surface area (TPSA) is 63.1 Å².